The number of rotatable bonds is 5. The molecule has 5 nitrogen and oxygen atoms in total. The molecule has 0 saturated carbocycles. The molecule has 0 aliphatic heterocycles. The second-order valence-electron chi connectivity index (χ2n) is 7.22. The van der Waals surface area contributed by atoms with Crippen LogP contribution in [-0.2, 0) is 0 Å². The quantitative estimate of drug-likeness (QED) is 0.319. The van der Waals surface area contributed by atoms with Crippen molar-refractivity contribution in [2.45, 2.75) is 13.8 Å². The molecular formula is C25H21Cl2N3O2. The lowest BCUT2D eigenvalue weighted by Crippen LogP contribution is -2.19. The van der Waals surface area contributed by atoms with E-state index in [0.717, 1.165) is 27.7 Å². The third-order valence-corrected chi connectivity index (χ3v) is 5.56. The second kappa shape index (κ2) is 9.47. The first-order chi connectivity index (χ1) is 15.4. The van der Waals surface area contributed by atoms with Gasteiger partial charge in [0.1, 0.15) is 5.75 Å². The Labute approximate surface area is 196 Å². The average molecular weight is 466 g/mol. The molecule has 162 valence electrons. The van der Waals surface area contributed by atoms with Crippen molar-refractivity contribution in [1.29, 1.82) is 0 Å². The number of ether oxygens (including phenoxy) is 1. The number of aromatic nitrogens is 1. The lowest BCUT2D eigenvalue weighted by molar-refractivity contribution is 0.262. The van der Waals surface area contributed by atoms with Crippen molar-refractivity contribution in [3.05, 3.63) is 82.3 Å². The number of aryl methyl sites for hydroxylation is 1. The largest absolute Gasteiger partial charge is 0.493 e. The number of amides is 2. The monoisotopic (exact) mass is 465 g/mol. The van der Waals surface area contributed by atoms with Crippen LogP contribution in [0.15, 0.2) is 66.7 Å². The number of hydrogen-bond donors (Lipinski definition) is 2. The number of hydrogen-bond acceptors (Lipinski definition) is 3. The first-order valence-corrected chi connectivity index (χ1v) is 10.9. The van der Waals surface area contributed by atoms with Crippen molar-refractivity contribution in [3.8, 4) is 17.0 Å². The minimum atomic E-state index is -0.368. The highest BCUT2D eigenvalue weighted by molar-refractivity contribution is 6.31. The van der Waals surface area contributed by atoms with Gasteiger partial charge in [-0.2, -0.15) is 0 Å². The van der Waals surface area contributed by atoms with E-state index in [2.05, 4.69) is 10.6 Å². The fraction of sp³-hybridized carbons (Fsp3) is 0.120. The van der Waals surface area contributed by atoms with Gasteiger partial charge in [0.25, 0.3) is 0 Å². The number of pyridine rings is 1. The van der Waals surface area contributed by atoms with Crippen LogP contribution >= 0.6 is 23.2 Å². The van der Waals surface area contributed by atoms with Crippen molar-refractivity contribution in [2.24, 2.45) is 0 Å². The number of carbonyl (C=O) groups excluding carboxylic acids is 1. The summed E-state index contributed by atoms with van der Waals surface area (Å²) in [7, 11) is 0. The number of benzene rings is 3. The fourth-order valence-electron chi connectivity index (χ4n) is 3.28. The summed E-state index contributed by atoms with van der Waals surface area (Å²) in [5, 5.41) is 7.71. The van der Waals surface area contributed by atoms with Gasteiger partial charge < -0.3 is 15.4 Å². The van der Waals surface area contributed by atoms with Crippen LogP contribution < -0.4 is 15.4 Å². The Balaban J connectivity index is 1.61. The van der Waals surface area contributed by atoms with Gasteiger partial charge in [0, 0.05) is 38.4 Å². The van der Waals surface area contributed by atoms with E-state index in [9.17, 15) is 4.79 Å². The van der Waals surface area contributed by atoms with E-state index in [4.69, 9.17) is 32.9 Å². The van der Waals surface area contributed by atoms with Crippen molar-refractivity contribution in [2.75, 3.05) is 17.2 Å². The highest BCUT2D eigenvalue weighted by atomic mass is 35.5. The van der Waals surface area contributed by atoms with Crippen molar-refractivity contribution in [1.82, 2.24) is 4.98 Å². The molecule has 32 heavy (non-hydrogen) atoms. The molecule has 2 N–H and O–H groups in total. The molecule has 1 aromatic heterocycles. The Bertz CT molecular complexity index is 1290. The third-order valence-electron chi connectivity index (χ3n) is 4.90. The Kier molecular flexibility index (Phi) is 6.49. The smallest absolute Gasteiger partial charge is 0.323 e. The van der Waals surface area contributed by atoms with Gasteiger partial charge in [0.05, 0.1) is 17.8 Å². The summed E-state index contributed by atoms with van der Waals surface area (Å²) < 4.78 is 5.88. The number of nitrogens with one attached hydrogen (secondary N) is 2. The first-order valence-electron chi connectivity index (χ1n) is 10.1. The molecule has 4 rings (SSSR count). The third kappa shape index (κ3) is 4.96. The summed E-state index contributed by atoms with van der Waals surface area (Å²) in [6, 6.07) is 19.9. The summed E-state index contributed by atoms with van der Waals surface area (Å²) in [6.45, 7) is 4.34. The highest BCUT2D eigenvalue weighted by Gasteiger charge is 2.11. The van der Waals surface area contributed by atoms with E-state index in [1.54, 1.807) is 18.2 Å². The van der Waals surface area contributed by atoms with Gasteiger partial charge >= 0.3 is 6.03 Å². The van der Waals surface area contributed by atoms with Gasteiger partial charge in [-0.1, -0.05) is 41.4 Å². The standard InChI is InChI=1S/C25H21Cl2N3O2/c1-3-32-24-14-23(16-5-7-17(26)8-6-16)30-22-11-10-18(12-20(22)24)28-25(31)29-19-9-4-15(2)21(27)13-19/h4-14H,3H2,1-2H3,(H2,28,29,31). The predicted octanol–water partition coefficient (Wildman–Crippen LogP) is 7.56. The number of nitrogens with zero attached hydrogens (tertiary/aromatic N) is 1. The van der Waals surface area contributed by atoms with E-state index in [0.29, 0.717) is 33.8 Å². The molecule has 0 spiro atoms. The van der Waals surface area contributed by atoms with E-state index < -0.39 is 0 Å². The van der Waals surface area contributed by atoms with Crippen LogP contribution in [0, 0.1) is 6.92 Å². The van der Waals surface area contributed by atoms with Crippen LogP contribution in [0.2, 0.25) is 10.0 Å². The lowest BCUT2D eigenvalue weighted by atomic mass is 10.1. The van der Waals surface area contributed by atoms with Gasteiger partial charge in [-0.05, 0) is 61.9 Å². The number of carbonyl (C=O) groups is 1. The van der Waals surface area contributed by atoms with Crippen LogP contribution in [0.3, 0.4) is 0 Å². The number of halogens is 2. The Hall–Kier alpha value is -3.28. The molecule has 0 fully saturated rings. The van der Waals surface area contributed by atoms with Gasteiger partial charge in [-0.25, -0.2) is 9.78 Å². The molecule has 0 radical (unpaired) electrons. The van der Waals surface area contributed by atoms with E-state index in [1.807, 2.05) is 62.4 Å². The molecule has 0 saturated heterocycles. The maximum atomic E-state index is 12.5. The number of anilines is 2. The SMILES string of the molecule is CCOc1cc(-c2ccc(Cl)cc2)nc2ccc(NC(=O)Nc3ccc(C)c(Cl)c3)cc12. The molecule has 7 heteroatoms. The lowest BCUT2D eigenvalue weighted by Gasteiger charge is -2.13. The summed E-state index contributed by atoms with van der Waals surface area (Å²) in [5.74, 6) is 0.692. The molecule has 0 unspecified atom stereocenters. The maximum Gasteiger partial charge on any atom is 0.323 e. The van der Waals surface area contributed by atoms with Crippen LogP contribution in [0.1, 0.15) is 12.5 Å². The van der Waals surface area contributed by atoms with Crippen LogP contribution in [-0.4, -0.2) is 17.6 Å². The molecule has 3 aromatic carbocycles. The predicted molar refractivity (Wildman–Crippen MR) is 132 cm³/mol. The van der Waals surface area contributed by atoms with Crippen molar-refractivity contribution >= 4 is 51.5 Å². The molecule has 1 heterocycles. The van der Waals surface area contributed by atoms with Crippen molar-refractivity contribution in [3.63, 3.8) is 0 Å². The normalized spacial score (nSPS) is 10.8. The summed E-state index contributed by atoms with van der Waals surface area (Å²) in [6.07, 6.45) is 0. The minimum absolute atomic E-state index is 0.368. The van der Waals surface area contributed by atoms with Gasteiger partial charge in [-0.15, -0.1) is 0 Å². The fourth-order valence-corrected chi connectivity index (χ4v) is 3.59. The molecular weight excluding hydrogens is 445 g/mol. The molecule has 4 aromatic rings. The van der Waals surface area contributed by atoms with E-state index >= 15 is 0 Å². The minimum Gasteiger partial charge on any atom is -0.493 e. The van der Waals surface area contributed by atoms with Crippen LogP contribution in [0.4, 0.5) is 16.2 Å². The summed E-state index contributed by atoms with van der Waals surface area (Å²) >= 11 is 12.1. The Morgan fingerprint density at radius 3 is 2.31 bits per heavy atom. The van der Waals surface area contributed by atoms with Crippen LogP contribution in [0.25, 0.3) is 22.2 Å². The van der Waals surface area contributed by atoms with Gasteiger partial charge in [-0.3, -0.25) is 0 Å². The van der Waals surface area contributed by atoms with Gasteiger partial charge in [0.2, 0.25) is 0 Å². The van der Waals surface area contributed by atoms with E-state index in [-0.39, 0.29) is 6.03 Å². The van der Waals surface area contributed by atoms with Crippen molar-refractivity contribution < 1.29 is 9.53 Å². The molecule has 0 aliphatic rings. The Morgan fingerprint density at radius 1 is 0.938 bits per heavy atom. The Morgan fingerprint density at radius 2 is 1.62 bits per heavy atom. The first kappa shape index (κ1) is 21.9. The summed E-state index contributed by atoms with van der Waals surface area (Å²) in [4.78, 5) is 17.2. The number of fused-ring (bicyclic) bond motifs is 1. The topological polar surface area (TPSA) is 63.2 Å². The zero-order valence-electron chi connectivity index (χ0n) is 17.6. The molecule has 0 aliphatic carbocycles. The molecule has 0 bridgehead atoms. The van der Waals surface area contributed by atoms with Crippen LogP contribution in [0.5, 0.6) is 5.75 Å². The second-order valence-corrected chi connectivity index (χ2v) is 8.06. The van der Waals surface area contributed by atoms with Gasteiger partial charge in [0.15, 0.2) is 0 Å². The average Bonchev–Trinajstić information content (AvgIpc) is 2.77. The highest BCUT2D eigenvalue weighted by Crippen LogP contribution is 2.32. The molecule has 2 amide bonds. The van der Waals surface area contributed by atoms with E-state index in [1.165, 1.54) is 0 Å². The zero-order chi connectivity index (χ0) is 22.7. The zero-order valence-corrected chi connectivity index (χ0v) is 19.1. The summed E-state index contributed by atoms with van der Waals surface area (Å²) in [5.41, 5.74) is 4.67. The molecule has 0 atom stereocenters. The number of urea groups is 1. The maximum absolute atomic E-state index is 12.5.